The Balaban J connectivity index is 3.53. The Morgan fingerprint density at radius 1 is 0.800 bits per heavy atom. The van der Waals surface area contributed by atoms with Crippen molar-refractivity contribution in [1.29, 1.82) is 0 Å². The number of carbonyl (C=O) groups is 1. The highest BCUT2D eigenvalue weighted by atomic mass is 17.1. The molecule has 0 aliphatic heterocycles. The van der Waals surface area contributed by atoms with Crippen molar-refractivity contribution in [2.45, 2.75) is 63.9 Å². The average Bonchev–Trinajstić information content (AvgIpc) is 2.63. The predicted molar refractivity (Wildman–Crippen MR) is 99.9 cm³/mol. The van der Waals surface area contributed by atoms with Crippen LogP contribution in [0.2, 0.25) is 0 Å². The topological polar surface area (TPSA) is 87.0 Å². The van der Waals surface area contributed by atoms with E-state index < -0.39 is 12.1 Å². The Labute approximate surface area is 151 Å². The first-order valence-corrected chi connectivity index (χ1v) is 9.00. The van der Waals surface area contributed by atoms with Crippen LogP contribution in [0.4, 0.5) is 0 Å². The van der Waals surface area contributed by atoms with Gasteiger partial charge in [0.25, 0.3) is 0 Å². The Morgan fingerprint density at radius 3 is 2.08 bits per heavy atom. The van der Waals surface area contributed by atoms with Gasteiger partial charge < -0.3 is 10.2 Å². The normalized spacial score (nSPS) is 13.6. The fraction of sp³-hybridized carbons (Fsp3) is 0.550. The van der Waals surface area contributed by atoms with E-state index in [1.165, 1.54) is 0 Å². The molecular formula is C20H32O5. The smallest absolute Gasteiger partial charge is 0.370 e. The summed E-state index contributed by atoms with van der Waals surface area (Å²) in [6.45, 7) is 0.293. The van der Waals surface area contributed by atoms with Gasteiger partial charge in [0.05, 0.1) is 0 Å². The maximum Gasteiger partial charge on any atom is 0.370 e. The number of allylic oxidation sites excluding steroid dienone is 8. The Bertz CT molecular complexity index is 424. The minimum atomic E-state index is -1.26. The molecule has 0 aromatic carbocycles. The zero-order valence-electron chi connectivity index (χ0n) is 14.9. The minimum absolute atomic E-state index is 0.266. The molecule has 0 spiro atoms. The number of aliphatic hydroxyl groups is 2. The van der Waals surface area contributed by atoms with Crippen molar-refractivity contribution < 1.29 is 25.2 Å². The zero-order chi connectivity index (χ0) is 18.6. The van der Waals surface area contributed by atoms with Crippen molar-refractivity contribution in [3.8, 4) is 0 Å². The lowest BCUT2D eigenvalue weighted by Gasteiger charge is -2.04. The summed E-state index contributed by atoms with van der Waals surface area (Å²) >= 11 is 0. The Kier molecular flexibility index (Phi) is 17.4. The maximum atomic E-state index is 10.7. The van der Waals surface area contributed by atoms with Gasteiger partial charge in [-0.05, 0) is 51.4 Å². The highest BCUT2D eigenvalue weighted by Crippen LogP contribution is 2.04. The van der Waals surface area contributed by atoms with Crippen molar-refractivity contribution >= 4 is 5.97 Å². The number of hydrogen-bond acceptors (Lipinski definition) is 5. The summed E-state index contributed by atoms with van der Waals surface area (Å²) in [6, 6.07) is 0. The standard InChI is InChI=1S/C20H32O5/c21-18-16-14-12-10-8-6-4-2-1-3-5-7-9-11-13-15-17-19(22)20(23)25-24/h1,3,5-9,11,19,21-22,24H,2,4,10,12-18H2. The second-order valence-electron chi connectivity index (χ2n) is 5.72. The van der Waals surface area contributed by atoms with Gasteiger partial charge in [0.1, 0.15) is 0 Å². The van der Waals surface area contributed by atoms with Gasteiger partial charge in [-0.25, -0.2) is 4.79 Å². The fourth-order valence-electron chi connectivity index (χ4n) is 2.06. The molecule has 0 aliphatic carbocycles. The highest BCUT2D eigenvalue weighted by Gasteiger charge is 2.15. The van der Waals surface area contributed by atoms with E-state index in [9.17, 15) is 9.90 Å². The van der Waals surface area contributed by atoms with Gasteiger partial charge in [-0.1, -0.05) is 55.0 Å². The molecule has 1 atom stereocenters. The number of aliphatic hydroxyl groups excluding tert-OH is 2. The van der Waals surface area contributed by atoms with Crippen molar-refractivity contribution in [2.24, 2.45) is 0 Å². The van der Waals surface area contributed by atoms with E-state index in [1.807, 2.05) is 30.4 Å². The summed E-state index contributed by atoms with van der Waals surface area (Å²) in [7, 11) is 0. The van der Waals surface area contributed by atoms with E-state index >= 15 is 0 Å². The first-order chi connectivity index (χ1) is 12.2. The molecular weight excluding hydrogens is 320 g/mol. The molecule has 25 heavy (non-hydrogen) atoms. The third kappa shape index (κ3) is 16.9. The molecule has 0 aromatic rings. The zero-order valence-corrected chi connectivity index (χ0v) is 14.9. The quantitative estimate of drug-likeness (QED) is 0.136. The molecule has 0 radical (unpaired) electrons. The van der Waals surface area contributed by atoms with Crippen LogP contribution in [0.25, 0.3) is 0 Å². The molecule has 5 nitrogen and oxygen atoms in total. The first-order valence-electron chi connectivity index (χ1n) is 9.00. The van der Waals surface area contributed by atoms with Gasteiger partial charge in [0, 0.05) is 6.61 Å². The summed E-state index contributed by atoms with van der Waals surface area (Å²) in [5.74, 6) is -1.01. The van der Waals surface area contributed by atoms with Crippen LogP contribution in [0.15, 0.2) is 48.6 Å². The second kappa shape index (κ2) is 18.6. The lowest BCUT2D eigenvalue weighted by atomic mass is 10.1. The van der Waals surface area contributed by atoms with Crippen LogP contribution >= 0.6 is 0 Å². The molecule has 0 saturated carbocycles. The van der Waals surface area contributed by atoms with Gasteiger partial charge in [-0.3, -0.25) is 4.89 Å². The van der Waals surface area contributed by atoms with Crippen LogP contribution in [-0.4, -0.2) is 34.2 Å². The SMILES string of the molecule is O=C(OO)C(O)CCCC=CC=CC=CCCC=CCCCCCO. The summed E-state index contributed by atoms with van der Waals surface area (Å²) in [5.41, 5.74) is 0. The number of hydrogen-bond donors (Lipinski definition) is 3. The van der Waals surface area contributed by atoms with E-state index in [-0.39, 0.29) is 6.42 Å². The number of rotatable bonds is 15. The summed E-state index contributed by atoms with van der Waals surface area (Å²) in [6.07, 6.45) is 23.0. The monoisotopic (exact) mass is 352 g/mol. The van der Waals surface area contributed by atoms with Crippen molar-refractivity contribution in [3.05, 3.63) is 48.6 Å². The van der Waals surface area contributed by atoms with Crippen LogP contribution in [0.5, 0.6) is 0 Å². The third-order valence-corrected chi connectivity index (χ3v) is 3.51. The summed E-state index contributed by atoms with van der Waals surface area (Å²) in [5, 5.41) is 26.0. The second-order valence-corrected chi connectivity index (χ2v) is 5.72. The molecule has 0 rings (SSSR count). The van der Waals surface area contributed by atoms with Crippen LogP contribution in [0, 0.1) is 0 Å². The van der Waals surface area contributed by atoms with Gasteiger partial charge in [0.15, 0.2) is 6.10 Å². The molecule has 0 fully saturated rings. The summed E-state index contributed by atoms with van der Waals surface area (Å²) in [4.78, 5) is 14.2. The van der Waals surface area contributed by atoms with Crippen molar-refractivity contribution in [3.63, 3.8) is 0 Å². The van der Waals surface area contributed by atoms with E-state index in [0.717, 1.165) is 44.9 Å². The fourth-order valence-corrected chi connectivity index (χ4v) is 2.06. The van der Waals surface area contributed by atoms with E-state index in [2.05, 4.69) is 23.1 Å². The summed E-state index contributed by atoms with van der Waals surface area (Å²) < 4.78 is 0. The van der Waals surface area contributed by atoms with Gasteiger partial charge in [-0.2, -0.15) is 5.26 Å². The van der Waals surface area contributed by atoms with Crippen molar-refractivity contribution in [1.82, 2.24) is 0 Å². The Hall–Kier alpha value is -1.69. The Morgan fingerprint density at radius 2 is 1.40 bits per heavy atom. The molecule has 0 aliphatic rings. The average molecular weight is 352 g/mol. The lowest BCUT2D eigenvalue weighted by molar-refractivity contribution is -0.242. The molecule has 3 N–H and O–H groups in total. The highest BCUT2D eigenvalue weighted by molar-refractivity contribution is 5.73. The molecule has 0 aromatic heterocycles. The molecule has 5 heteroatoms. The molecule has 142 valence electrons. The van der Waals surface area contributed by atoms with E-state index in [0.29, 0.717) is 13.0 Å². The number of carbonyl (C=O) groups excluding carboxylic acids is 1. The van der Waals surface area contributed by atoms with Crippen LogP contribution in [0.3, 0.4) is 0 Å². The maximum absolute atomic E-state index is 10.7. The van der Waals surface area contributed by atoms with Crippen LogP contribution in [0.1, 0.15) is 57.8 Å². The largest absolute Gasteiger partial charge is 0.396 e. The molecule has 1 unspecified atom stereocenters. The predicted octanol–water partition coefficient (Wildman–Crippen LogP) is 4.09. The molecule has 0 saturated heterocycles. The number of unbranched alkanes of at least 4 members (excludes halogenated alkanes) is 5. The first kappa shape index (κ1) is 23.3. The molecule has 0 amide bonds. The van der Waals surface area contributed by atoms with Gasteiger partial charge >= 0.3 is 5.97 Å². The van der Waals surface area contributed by atoms with Crippen molar-refractivity contribution in [2.75, 3.05) is 6.61 Å². The minimum Gasteiger partial charge on any atom is -0.396 e. The van der Waals surface area contributed by atoms with Gasteiger partial charge in [-0.15, -0.1) is 0 Å². The molecule has 0 heterocycles. The lowest BCUT2D eigenvalue weighted by Crippen LogP contribution is -2.21. The van der Waals surface area contributed by atoms with Gasteiger partial charge in [0.2, 0.25) is 0 Å². The van der Waals surface area contributed by atoms with E-state index in [1.54, 1.807) is 0 Å². The third-order valence-electron chi connectivity index (χ3n) is 3.51. The van der Waals surface area contributed by atoms with E-state index in [4.69, 9.17) is 10.4 Å². The molecule has 0 bridgehead atoms. The van der Waals surface area contributed by atoms with Crippen LogP contribution in [-0.2, 0) is 9.68 Å². The van der Waals surface area contributed by atoms with Crippen LogP contribution < -0.4 is 0 Å².